The third-order valence-electron chi connectivity index (χ3n) is 13.8. The molecule has 2 saturated carbocycles. The lowest BCUT2D eigenvalue weighted by Gasteiger charge is -2.38. The summed E-state index contributed by atoms with van der Waals surface area (Å²) in [6.45, 7) is 16.5. The summed E-state index contributed by atoms with van der Waals surface area (Å²) in [6, 6.07) is 20.0. The van der Waals surface area contributed by atoms with Gasteiger partial charge in [-0.3, -0.25) is 19.2 Å². The highest BCUT2D eigenvalue weighted by atomic mass is 35.5. The molecule has 0 radical (unpaired) electrons. The van der Waals surface area contributed by atoms with Crippen LogP contribution in [0, 0.1) is 46.1 Å². The molecule has 2 aliphatic carbocycles. The summed E-state index contributed by atoms with van der Waals surface area (Å²) in [6.07, 6.45) is 2.14. The number of halogens is 6. The van der Waals surface area contributed by atoms with E-state index in [9.17, 15) is 19.2 Å². The van der Waals surface area contributed by atoms with Crippen LogP contribution in [0.5, 0.6) is 0 Å². The molecular formula is C52H56Cl4F2N2O6. The number of carbonyl (C=O) groups excluding carboxylic acids is 4. The summed E-state index contributed by atoms with van der Waals surface area (Å²) < 4.78 is 41.9. The third kappa shape index (κ3) is 8.73. The standard InChI is InChI=1S/2C26H28Cl2FNO3/c2*1-5-33-23(31)17-11-14(13-25(2,3)4)26(21(17)16-7-6-8-19(28)22(16)29)18-10-9-15(27)12-20(18)30-24(26)32/h2*6-10,12,14,17,21H,5,11,13H2,1-4H3,(H,30,32)/t2*14-,17-,21-,26+/m00/s1. The number of rotatable bonds is 8. The molecule has 66 heavy (non-hydrogen) atoms. The van der Waals surface area contributed by atoms with Crippen LogP contribution in [-0.4, -0.2) is 37.0 Å². The summed E-state index contributed by atoms with van der Waals surface area (Å²) in [5, 5.41) is 6.86. The number of hydrogen-bond donors (Lipinski definition) is 2. The van der Waals surface area contributed by atoms with E-state index < -0.39 is 58.1 Å². The maximum Gasteiger partial charge on any atom is 0.309 e. The molecule has 2 aliphatic heterocycles. The second kappa shape index (κ2) is 18.7. The second-order valence-electron chi connectivity index (χ2n) is 20.4. The van der Waals surface area contributed by atoms with E-state index in [0.717, 1.165) is 11.1 Å². The molecule has 2 fully saturated rings. The zero-order valence-electron chi connectivity index (χ0n) is 38.4. The number of hydrogen-bond acceptors (Lipinski definition) is 6. The van der Waals surface area contributed by atoms with Crippen LogP contribution < -0.4 is 10.6 Å². The molecule has 4 aromatic rings. The van der Waals surface area contributed by atoms with Crippen molar-refractivity contribution in [3.63, 3.8) is 0 Å². The van der Waals surface area contributed by atoms with Gasteiger partial charge in [-0.2, -0.15) is 0 Å². The molecule has 4 aromatic carbocycles. The van der Waals surface area contributed by atoms with E-state index in [2.05, 4.69) is 52.2 Å². The number of carbonyl (C=O) groups is 4. The summed E-state index contributed by atoms with van der Waals surface area (Å²) in [5.74, 6) is -5.94. The number of nitrogens with one attached hydrogen (secondary N) is 2. The van der Waals surface area contributed by atoms with Crippen LogP contribution in [0.3, 0.4) is 0 Å². The van der Waals surface area contributed by atoms with Crippen molar-refractivity contribution in [2.75, 3.05) is 23.8 Å². The van der Waals surface area contributed by atoms with E-state index in [1.807, 2.05) is 12.1 Å². The van der Waals surface area contributed by atoms with Gasteiger partial charge in [-0.05, 0) is 121 Å². The molecule has 8 rings (SSSR count). The van der Waals surface area contributed by atoms with Gasteiger partial charge in [-0.1, -0.05) is 124 Å². The van der Waals surface area contributed by atoms with Crippen molar-refractivity contribution in [1.29, 1.82) is 0 Å². The zero-order valence-corrected chi connectivity index (χ0v) is 41.4. The van der Waals surface area contributed by atoms with Crippen LogP contribution in [0.1, 0.15) is 115 Å². The molecule has 2 amide bonds. The van der Waals surface area contributed by atoms with Crippen LogP contribution in [0.15, 0.2) is 72.8 Å². The Labute approximate surface area is 405 Å². The highest BCUT2D eigenvalue weighted by Crippen LogP contribution is 2.66. The molecule has 2 N–H and O–H groups in total. The number of amides is 2. The summed E-state index contributed by atoms with van der Waals surface area (Å²) >= 11 is 24.8. The van der Waals surface area contributed by atoms with Gasteiger partial charge in [0, 0.05) is 33.3 Å². The van der Waals surface area contributed by atoms with Crippen molar-refractivity contribution in [2.24, 2.45) is 34.5 Å². The monoisotopic (exact) mass is 982 g/mol. The smallest absolute Gasteiger partial charge is 0.309 e. The van der Waals surface area contributed by atoms with Gasteiger partial charge in [0.1, 0.15) is 11.6 Å². The first-order valence-corrected chi connectivity index (χ1v) is 24.0. The quantitative estimate of drug-likeness (QED) is 0.170. The largest absolute Gasteiger partial charge is 0.466 e. The molecule has 2 heterocycles. The number of anilines is 2. The lowest BCUT2D eigenvalue weighted by Crippen LogP contribution is -2.45. The molecule has 0 aromatic heterocycles. The van der Waals surface area contributed by atoms with Gasteiger partial charge in [0.25, 0.3) is 0 Å². The van der Waals surface area contributed by atoms with E-state index in [-0.39, 0.29) is 68.9 Å². The SMILES string of the molecule is CCOC(=O)[C@H]1C[C@@H](CC(C)(C)C)[C@]2(C(=O)Nc3cc(Cl)ccc32)[C@H]1c1cccc(Cl)c1F.CCOC(=O)[C@H]1C[C@@H](CC(C)(C)C)[C@]2(C(=O)Nc3cc(Cl)ccc32)[C@H]1c1cccc(Cl)c1F. The van der Waals surface area contributed by atoms with Crippen molar-refractivity contribution in [1.82, 2.24) is 0 Å². The predicted octanol–water partition coefficient (Wildman–Crippen LogP) is 13.5. The molecule has 8 nitrogen and oxygen atoms in total. The maximum atomic E-state index is 15.5. The van der Waals surface area contributed by atoms with Gasteiger partial charge >= 0.3 is 11.9 Å². The van der Waals surface area contributed by atoms with E-state index in [0.29, 0.717) is 47.1 Å². The molecule has 4 aliphatic rings. The number of ether oxygens (including phenoxy) is 2. The molecule has 352 valence electrons. The first-order chi connectivity index (χ1) is 31.0. The number of esters is 2. The average Bonchev–Trinajstić information content (AvgIpc) is 3.91. The highest BCUT2D eigenvalue weighted by molar-refractivity contribution is 6.32. The Bertz CT molecular complexity index is 2400. The minimum Gasteiger partial charge on any atom is -0.466 e. The van der Waals surface area contributed by atoms with E-state index in [1.165, 1.54) is 12.1 Å². The Balaban J connectivity index is 0.000000196. The fraction of sp³-hybridized carbons (Fsp3) is 0.462. The lowest BCUT2D eigenvalue weighted by molar-refractivity contribution is -0.149. The molecule has 0 unspecified atom stereocenters. The highest BCUT2D eigenvalue weighted by Gasteiger charge is 2.68. The van der Waals surface area contributed by atoms with Crippen molar-refractivity contribution in [3.8, 4) is 0 Å². The normalized spacial score (nSPS) is 26.4. The van der Waals surface area contributed by atoms with Gasteiger partial charge in [-0.15, -0.1) is 0 Å². The van der Waals surface area contributed by atoms with Gasteiger partial charge in [0.15, 0.2) is 0 Å². The first kappa shape index (κ1) is 49.7. The van der Waals surface area contributed by atoms with Gasteiger partial charge in [0.05, 0.1) is 45.9 Å². The van der Waals surface area contributed by atoms with Crippen LogP contribution in [0.4, 0.5) is 20.2 Å². The van der Waals surface area contributed by atoms with E-state index in [1.54, 1.807) is 62.4 Å². The molecule has 8 atom stereocenters. The Hall–Kier alpha value is -4.22. The minimum absolute atomic E-state index is 0.0423. The molecule has 0 saturated heterocycles. The van der Waals surface area contributed by atoms with E-state index >= 15 is 8.78 Å². The fourth-order valence-electron chi connectivity index (χ4n) is 11.9. The van der Waals surface area contributed by atoms with Crippen LogP contribution in [-0.2, 0) is 39.5 Å². The Morgan fingerprint density at radius 3 is 1.32 bits per heavy atom. The Morgan fingerprint density at radius 2 is 0.985 bits per heavy atom. The Morgan fingerprint density at radius 1 is 0.621 bits per heavy atom. The topological polar surface area (TPSA) is 111 Å². The van der Waals surface area contributed by atoms with Crippen molar-refractivity contribution < 1.29 is 37.4 Å². The summed E-state index contributed by atoms with van der Waals surface area (Å²) in [4.78, 5) is 54.3. The van der Waals surface area contributed by atoms with Crippen LogP contribution >= 0.6 is 46.4 Å². The summed E-state index contributed by atoms with van der Waals surface area (Å²) in [5.41, 5.74) is 0.621. The molecule has 14 heteroatoms. The lowest BCUT2D eigenvalue weighted by atomic mass is 9.62. The van der Waals surface area contributed by atoms with Gasteiger partial charge < -0.3 is 20.1 Å². The third-order valence-corrected chi connectivity index (χ3v) is 14.8. The van der Waals surface area contributed by atoms with Crippen LogP contribution in [0.2, 0.25) is 20.1 Å². The number of fused-ring (bicyclic) bond motifs is 4. The zero-order chi connectivity index (χ0) is 48.3. The van der Waals surface area contributed by atoms with Crippen LogP contribution in [0.25, 0.3) is 0 Å². The average molecular weight is 985 g/mol. The second-order valence-corrected chi connectivity index (χ2v) is 22.1. The van der Waals surface area contributed by atoms with Crippen molar-refractivity contribution in [3.05, 3.63) is 127 Å². The van der Waals surface area contributed by atoms with Crippen molar-refractivity contribution in [2.45, 2.75) is 104 Å². The molecule has 0 bridgehead atoms. The minimum atomic E-state index is -1.16. The molecular weight excluding hydrogens is 928 g/mol. The van der Waals surface area contributed by atoms with Gasteiger partial charge in [0.2, 0.25) is 11.8 Å². The van der Waals surface area contributed by atoms with Gasteiger partial charge in [-0.25, -0.2) is 8.78 Å². The Kier molecular flexibility index (Phi) is 14.1. The summed E-state index contributed by atoms with van der Waals surface area (Å²) in [7, 11) is 0. The first-order valence-electron chi connectivity index (χ1n) is 22.4. The van der Waals surface area contributed by atoms with E-state index in [4.69, 9.17) is 55.9 Å². The number of benzene rings is 4. The van der Waals surface area contributed by atoms with Crippen molar-refractivity contribution >= 4 is 81.5 Å². The predicted molar refractivity (Wildman–Crippen MR) is 256 cm³/mol. The molecule has 2 spiro atoms. The maximum absolute atomic E-state index is 15.5. The fourth-order valence-corrected chi connectivity index (χ4v) is 12.6.